The van der Waals surface area contributed by atoms with Crippen LogP contribution in [0.1, 0.15) is 33.7 Å². The Labute approximate surface area is 241 Å². The lowest BCUT2D eigenvalue weighted by Crippen LogP contribution is -2.48. The molecule has 4 rings (SSSR count). The molecular weight excluding hydrogens is 553 g/mol. The summed E-state index contributed by atoms with van der Waals surface area (Å²) in [7, 11) is 0. The molecular formula is C31H28ClFNO5S-. The van der Waals surface area contributed by atoms with Crippen LogP contribution in [0.5, 0.6) is 0 Å². The van der Waals surface area contributed by atoms with Crippen molar-refractivity contribution < 1.29 is 28.2 Å². The fourth-order valence-electron chi connectivity index (χ4n) is 4.23. The van der Waals surface area contributed by atoms with Crippen LogP contribution in [-0.4, -0.2) is 29.9 Å². The van der Waals surface area contributed by atoms with E-state index in [0.717, 1.165) is 16.7 Å². The minimum Gasteiger partial charge on any atom is -0.548 e. The summed E-state index contributed by atoms with van der Waals surface area (Å²) in [5.74, 6) is -0.675. The lowest BCUT2D eigenvalue weighted by molar-refractivity contribution is -0.308. The van der Waals surface area contributed by atoms with Gasteiger partial charge >= 0.3 is 0 Å². The van der Waals surface area contributed by atoms with Gasteiger partial charge in [-0.05, 0) is 90.1 Å². The Hall–Kier alpha value is -3.59. The highest BCUT2D eigenvalue weighted by molar-refractivity contribution is 7.98. The lowest BCUT2D eigenvalue weighted by Gasteiger charge is -2.21. The van der Waals surface area contributed by atoms with Gasteiger partial charge in [0.25, 0.3) is 5.91 Å². The predicted octanol–water partition coefficient (Wildman–Crippen LogP) is 6.03. The number of hydrogen-bond donors (Lipinski definition) is 1. The van der Waals surface area contributed by atoms with Crippen molar-refractivity contribution in [2.24, 2.45) is 0 Å². The van der Waals surface area contributed by atoms with Crippen molar-refractivity contribution in [3.63, 3.8) is 0 Å². The van der Waals surface area contributed by atoms with Crippen LogP contribution in [0, 0.1) is 12.7 Å². The molecule has 3 aromatic carbocycles. The number of carboxylic acid groups (broad SMARTS) is 1. The minimum absolute atomic E-state index is 0.0433. The van der Waals surface area contributed by atoms with Crippen molar-refractivity contribution in [1.82, 2.24) is 5.32 Å². The Morgan fingerprint density at radius 2 is 1.85 bits per heavy atom. The molecule has 0 unspecified atom stereocenters. The molecule has 0 saturated carbocycles. The molecule has 4 aromatic rings. The Morgan fingerprint density at radius 1 is 1.05 bits per heavy atom. The van der Waals surface area contributed by atoms with E-state index >= 15 is 0 Å². The zero-order chi connectivity index (χ0) is 28.6. The smallest absolute Gasteiger partial charge is 0.252 e. The molecule has 6 nitrogen and oxygen atoms in total. The third-order valence-corrected chi connectivity index (χ3v) is 7.29. The topological polar surface area (TPSA) is 91.6 Å². The molecule has 208 valence electrons. The highest BCUT2D eigenvalue weighted by Crippen LogP contribution is 2.29. The Kier molecular flexibility index (Phi) is 10.0. The number of hydrogen-bond acceptors (Lipinski definition) is 6. The number of aryl methyl sites for hydroxylation is 1. The highest BCUT2D eigenvalue weighted by atomic mass is 35.5. The fraction of sp³-hybridized carbons (Fsp3) is 0.226. The molecule has 40 heavy (non-hydrogen) atoms. The monoisotopic (exact) mass is 580 g/mol. The largest absolute Gasteiger partial charge is 0.548 e. The Morgan fingerprint density at radius 3 is 2.58 bits per heavy atom. The van der Waals surface area contributed by atoms with Gasteiger partial charge < -0.3 is 24.4 Å². The van der Waals surface area contributed by atoms with Crippen LogP contribution in [0.4, 0.5) is 4.39 Å². The molecule has 1 amide bonds. The molecule has 0 saturated heterocycles. The van der Waals surface area contributed by atoms with E-state index < -0.39 is 23.7 Å². The zero-order valence-corrected chi connectivity index (χ0v) is 23.6. The number of thioether (sulfide) groups is 1. The molecule has 0 aliphatic carbocycles. The lowest BCUT2D eigenvalue weighted by atomic mass is 9.93. The normalized spacial score (nSPS) is 11.8. The Bertz CT molecular complexity index is 1500. The number of halogens is 2. The summed E-state index contributed by atoms with van der Waals surface area (Å²) in [6.07, 6.45) is 2.14. The molecule has 0 spiro atoms. The van der Waals surface area contributed by atoms with Crippen molar-refractivity contribution in [3.05, 3.63) is 106 Å². The first-order valence-corrected chi connectivity index (χ1v) is 14.4. The number of carboxylic acids is 1. The number of carbonyl (C=O) groups is 2. The zero-order valence-electron chi connectivity index (χ0n) is 22.0. The summed E-state index contributed by atoms with van der Waals surface area (Å²) in [6.45, 7) is 2.37. The number of carbonyl (C=O) groups excluding carboxylic acids is 2. The predicted molar refractivity (Wildman–Crippen MR) is 153 cm³/mol. The van der Waals surface area contributed by atoms with Crippen molar-refractivity contribution in [2.75, 3.05) is 12.0 Å². The van der Waals surface area contributed by atoms with Crippen molar-refractivity contribution >= 4 is 35.2 Å². The van der Waals surface area contributed by atoms with E-state index in [2.05, 4.69) is 5.32 Å². The second-order valence-electron chi connectivity index (χ2n) is 9.21. The van der Waals surface area contributed by atoms with E-state index in [1.165, 1.54) is 23.9 Å². The van der Waals surface area contributed by atoms with E-state index in [0.29, 0.717) is 34.0 Å². The summed E-state index contributed by atoms with van der Waals surface area (Å²) >= 11 is 7.26. The van der Waals surface area contributed by atoms with Gasteiger partial charge in [0.2, 0.25) is 0 Å². The van der Waals surface area contributed by atoms with Crippen LogP contribution in [0.25, 0.3) is 22.5 Å². The molecule has 0 radical (unpaired) electrons. The minimum atomic E-state index is -1.31. The number of aliphatic carboxylic acids is 1. The van der Waals surface area contributed by atoms with Gasteiger partial charge in [-0.2, -0.15) is 11.8 Å². The van der Waals surface area contributed by atoms with Crippen molar-refractivity contribution in [3.8, 4) is 22.5 Å². The number of benzene rings is 3. The van der Waals surface area contributed by atoms with E-state index in [4.69, 9.17) is 20.8 Å². The first kappa shape index (κ1) is 29.4. The maximum atomic E-state index is 13.8. The van der Waals surface area contributed by atoms with Crippen LogP contribution in [0.3, 0.4) is 0 Å². The average molecular weight is 581 g/mol. The first-order valence-electron chi connectivity index (χ1n) is 12.6. The molecule has 1 atom stereocenters. The summed E-state index contributed by atoms with van der Waals surface area (Å²) in [5.41, 5.74) is 4.24. The summed E-state index contributed by atoms with van der Waals surface area (Å²) in [4.78, 5) is 24.8. The summed E-state index contributed by atoms with van der Waals surface area (Å²) < 4.78 is 25.5. The van der Waals surface area contributed by atoms with Crippen molar-refractivity contribution in [2.45, 2.75) is 32.6 Å². The van der Waals surface area contributed by atoms with Gasteiger partial charge in [0, 0.05) is 11.1 Å². The SMILES string of the molecule is CSCC[C@H](NC(=O)c1ccc(COCc2ccc(-c3ccc(Cl)c(F)c3)o2)cc1-c1ccccc1C)C(=O)[O-]. The van der Waals surface area contributed by atoms with E-state index in [1.54, 1.807) is 30.3 Å². The van der Waals surface area contributed by atoms with Gasteiger partial charge in [0.15, 0.2) is 0 Å². The van der Waals surface area contributed by atoms with Crippen molar-refractivity contribution in [1.29, 1.82) is 0 Å². The fourth-order valence-corrected chi connectivity index (χ4v) is 4.82. The first-order chi connectivity index (χ1) is 19.3. The van der Waals surface area contributed by atoms with Gasteiger partial charge in [-0.15, -0.1) is 0 Å². The molecule has 0 fully saturated rings. The molecule has 0 aliphatic rings. The number of furan rings is 1. The molecule has 1 N–H and O–H groups in total. The molecule has 0 aliphatic heterocycles. The standard InChI is InChI=1S/C31H29ClFNO5S/c1-19-5-3-4-6-23(19)25-15-20(7-10-24(25)30(35)34-28(31(36)37)13-14-40-2)17-38-18-22-9-12-29(39-22)21-8-11-26(32)27(33)16-21/h3-12,15-16,28H,13-14,17-18H2,1-2H3,(H,34,35)(H,36,37)/p-1/t28-/m0/s1. The molecule has 0 bridgehead atoms. The molecule has 1 heterocycles. The second-order valence-corrected chi connectivity index (χ2v) is 10.6. The average Bonchev–Trinajstić information content (AvgIpc) is 3.41. The third kappa shape index (κ3) is 7.33. The highest BCUT2D eigenvalue weighted by Gasteiger charge is 2.19. The van der Waals surface area contributed by atoms with E-state index in [-0.39, 0.29) is 24.7 Å². The van der Waals surface area contributed by atoms with Gasteiger partial charge in [-0.25, -0.2) is 4.39 Å². The third-order valence-electron chi connectivity index (χ3n) is 6.34. The number of nitrogens with one attached hydrogen (secondary N) is 1. The van der Waals surface area contributed by atoms with Crippen LogP contribution in [0.2, 0.25) is 5.02 Å². The van der Waals surface area contributed by atoms with Gasteiger partial charge in [0.05, 0.1) is 23.6 Å². The van der Waals surface area contributed by atoms with Crippen LogP contribution < -0.4 is 10.4 Å². The number of ether oxygens (including phenoxy) is 1. The van der Waals surface area contributed by atoms with Crippen LogP contribution in [-0.2, 0) is 22.7 Å². The van der Waals surface area contributed by atoms with Gasteiger partial charge in [0.1, 0.15) is 23.9 Å². The molecule has 1 aromatic heterocycles. The maximum absolute atomic E-state index is 13.8. The summed E-state index contributed by atoms with van der Waals surface area (Å²) in [6, 6.07) is 19.9. The van der Waals surface area contributed by atoms with E-state index in [1.807, 2.05) is 43.5 Å². The second kappa shape index (κ2) is 13.7. The van der Waals surface area contributed by atoms with Crippen LogP contribution >= 0.6 is 23.4 Å². The molecule has 9 heteroatoms. The van der Waals surface area contributed by atoms with Gasteiger partial charge in [-0.3, -0.25) is 4.79 Å². The quantitative estimate of drug-likeness (QED) is 0.220. The van der Waals surface area contributed by atoms with Gasteiger partial charge in [-0.1, -0.05) is 41.9 Å². The number of rotatable bonds is 12. The number of amides is 1. The van der Waals surface area contributed by atoms with Crippen LogP contribution in [0.15, 0.2) is 77.2 Å². The summed E-state index contributed by atoms with van der Waals surface area (Å²) in [5, 5.41) is 14.3. The maximum Gasteiger partial charge on any atom is 0.252 e. The Balaban J connectivity index is 1.50. The van der Waals surface area contributed by atoms with E-state index in [9.17, 15) is 19.1 Å².